The molecule has 1 unspecified atom stereocenters. The molecule has 1 saturated carbocycles. The average molecular weight is 237 g/mol. The van der Waals surface area contributed by atoms with Gasteiger partial charge in [0, 0.05) is 21.1 Å². The third kappa shape index (κ3) is 2.37. The Morgan fingerprint density at radius 1 is 1.29 bits per heavy atom. The molecule has 2 aliphatic rings. The van der Waals surface area contributed by atoms with Crippen LogP contribution in [0.15, 0.2) is 5.10 Å². The predicted molar refractivity (Wildman–Crippen MR) is 70.1 cm³/mol. The van der Waals surface area contributed by atoms with Gasteiger partial charge in [0.15, 0.2) is 0 Å². The van der Waals surface area contributed by atoms with E-state index in [2.05, 4.69) is 10.5 Å². The Morgan fingerprint density at radius 2 is 1.94 bits per heavy atom. The van der Waals surface area contributed by atoms with Gasteiger partial charge in [0.2, 0.25) is 5.96 Å². The van der Waals surface area contributed by atoms with Crippen LogP contribution in [0.25, 0.3) is 0 Å². The first-order chi connectivity index (χ1) is 8.11. The minimum atomic E-state index is 0.101. The molecule has 96 valence electrons. The molecule has 1 atom stereocenters. The zero-order valence-electron chi connectivity index (χ0n) is 11.0. The first-order valence-corrected chi connectivity index (χ1v) is 6.44. The Morgan fingerprint density at radius 3 is 2.53 bits per heavy atom. The summed E-state index contributed by atoms with van der Waals surface area (Å²) < 4.78 is 0. The lowest BCUT2D eigenvalue weighted by molar-refractivity contribution is 0.294. The topological polar surface area (TPSA) is 54.7 Å². The summed E-state index contributed by atoms with van der Waals surface area (Å²) in [7, 11) is 5.83. The molecule has 1 aliphatic carbocycles. The van der Waals surface area contributed by atoms with Gasteiger partial charge in [0.25, 0.3) is 0 Å². The molecule has 0 amide bonds. The maximum atomic E-state index is 8.27. The molecule has 17 heavy (non-hydrogen) atoms. The molecule has 1 heterocycles. The minimum absolute atomic E-state index is 0.101. The van der Waals surface area contributed by atoms with Crippen molar-refractivity contribution in [2.45, 2.75) is 38.1 Å². The second-order valence-corrected chi connectivity index (χ2v) is 5.26. The van der Waals surface area contributed by atoms with Crippen LogP contribution in [0.2, 0.25) is 0 Å². The summed E-state index contributed by atoms with van der Waals surface area (Å²) in [6.07, 6.45) is 6.38. The fourth-order valence-corrected chi connectivity index (χ4v) is 2.78. The van der Waals surface area contributed by atoms with Gasteiger partial charge in [-0.1, -0.05) is 19.3 Å². The zero-order valence-corrected chi connectivity index (χ0v) is 11.0. The van der Waals surface area contributed by atoms with Crippen molar-refractivity contribution in [3.8, 4) is 0 Å². The summed E-state index contributed by atoms with van der Waals surface area (Å²) in [5, 5.41) is 12.7. The Hall–Kier alpha value is -1.26. The molecule has 0 saturated heterocycles. The molecule has 1 aliphatic heterocycles. The van der Waals surface area contributed by atoms with Crippen LogP contribution in [-0.2, 0) is 0 Å². The standard InChI is InChI=1S/C12H23N5/c1-16(2)12-15-14-10(11(13)17(12)3)9-7-5-4-6-8-9/h9-10,13-14H,4-8H2,1-3H3. The quantitative estimate of drug-likeness (QED) is 0.722. The molecule has 2 N–H and O–H groups in total. The van der Waals surface area contributed by atoms with Crippen LogP contribution in [-0.4, -0.2) is 48.8 Å². The second-order valence-electron chi connectivity index (χ2n) is 5.26. The number of nitrogens with zero attached hydrogens (tertiary/aromatic N) is 3. The van der Waals surface area contributed by atoms with Gasteiger partial charge in [0.05, 0.1) is 0 Å². The van der Waals surface area contributed by atoms with Crippen molar-refractivity contribution >= 4 is 11.8 Å². The van der Waals surface area contributed by atoms with Crippen LogP contribution in [0, 0.1) is 11.3 Å². The first-order valence-electron chi connectivity index (χ1n) is 6.44. The van der Waals surface area contributed by atoms with Gasteiger partial charge in [0.1, 0.15) is 11.9 Å². The van der Waals surface area contributed by atoms with Crippen LogP contribution in [0.3, 0.4) is 0 Å². The summed E-state index contributed by atoms with van der Waals surface area (Å²) in [6, 6.07) is 0.101. The monoisotopic (exact) mass is 237 g/mol. The highest BCUT2D eigenvalue weighted by Gasteiger charge is 2.33. The SMILES string of the molecule is CN(C)C1=NNC(C2CCCCC2)C(=N)N1C. The fourth-order valence-electron chi connectivity index (χ4n) is 2.78. The summed E-state index contributed by atoms with van der Waals surface area (Å²) in [4.78, 5) is 3.81. The molecule has 0 aromatic heterocycles. The van der Waals surface area contributed by atoms with E-state index < -0.39 is 0 Å². The van der Waals surface area contributed by atoms with Gasteiger partial charge in [-0.15, -0.1) is 5.10 Å². The second kappa shape index (κ2) is 4.94. The number of hydrazone groups is 1. The van der Waals surface area contributed by atoms with E-state index in [-0.39, 0.29) is 6.04 Å². The Bertz CT molecular complexity index is 317. The molecule has 0 bridgehead atoms. The number of amidine groups is 1. The van der Waals surface area contributed by atoms with Crippen LogP contribution in [0.5, 0.6) is 0 Å². The van der Waals surface area contributed by atoms with E-state index in [1.54, 1.807) is 0 Å². The number of hydrogen-bond donors (Lipinski definition) is 2. The van der Waals surface area contributed by atoms with Gasteiger partial charge in [-0.25, -0.2) is 0 Å². The molecule has 0 aromatic rings. The number of guanidine groups is 1. The Kier molecular flexibility index (Phi) is 3.54. The largest absolute Gasteiger partial charge is 0.347 e. The molecular weight excluding hydrogens is 214 g/mol. The van der Waals surface area contributed by atoms with Gasteiger partial charge in [-0.2, -0.15) is 0 Å². The number of hydrogen-bond acceptors (Lipinski definition) is 4. The average Bonchev–Trinajstić information content (AvgIpc) is 2.33. The Labute approximate surface area is 103 Å². The smallest absolute Gasteiger partial charge is 0.223 e. The molecule has 0 aromatic carbocycles. The van der Waals surface area contributed by atoms with E-state index in [0.29, 0.717) is 11.8 Å². The predicted octanol–water partition coefficient (Wildman–Crippen LogP) is 1.28. The van der Waals surface area contributed by atoms with Crippen molar-refractivity contribution in [2.24, 2.45) is 11.0 Å². The van der Waals surface area contributed by atoms with Crippen molar-refractivity contribution < 1.29 is 0 Å². The molecule has 0 radical (unpaired) electrons. The third-order valence-corrected chi connectivity index (χ3v) is 3.78. The minimum Gasteiger partial charge on any atom is -0.347 e. The van der Waals surface area contributed by atoms with Gasteiger partial charge >= 0.3 is 0 Å². The van der Waals surface area contributed by atoms with Crippen molar-refractivity contribution in [3.05, 3.63) is 0 Å². The zero-order chi connectivity index (χ0) is 12.4. The maximum Gasteiger partial charge on any atom is 0.223 e. The highest BCUT2D eigenvalue weighted by atomic mass is 15.5. The van der Waals surface area contributed by atoms with Crippen LogP contribution >= 0.6 is 0 Å². The third-order valence-electron chi connectivity index (χ3n) is 3.78. The lowest BCUT2D eigenvalue weighted by atomic mass is 9.83. The van der Waals surface area contributed by atoms with Gasteiger partial charge in [-0.05, 0) is 18.8 Å². The van der Waals surface area contributed by atoms with Crippen LogP contribution < -0.4 is 5.43 Å². The first kappa shape index (κ1) is 12.2. The van der Waals surface area contributed by atoms with Crippen molar-refractivity contribution in [1.29, 1.82) is 5.41 Å². The Balaban J connectivity index is 2.09. The lowest BCUT2D eigenvalue weighted by Crippen LogP contribution is -2.57. The number of rotatable bonds is 1. The van der Waals surface area contributed by atoms with Crippen LogP contribution in [0.4, 0.5) is 0 Å². The summed E-state index contributed by atoms with van der Waals surface area (Å²) in [5.74, 6) is 2.03. The van der Waals surface area contributed by atoms with E-state index in [4.69, 9.17) is 5.41 Å². The van der Waals surface area contributed by atoms with Gasteiger partial charge in [-0.3, -0.25) is 10.8 Å². The molecule has 1 fully saturated rings. The number of nitrogens with one attached hydrogen (secondary N) is 2. The normalized spacial score (nSPS) is 26.5. The molecule has 5 heteroatoms. The van der Waals surface area contributed by atoms with E-state index in [1.165, 1.54) is 32.1 Å². The molecular formula is C12H23N5. The van der Waals surface area contributed by atoms with E-state index in [9.17, 15) is 0 Å². The summed E-state index contributed by atoms with van der Waals surface area (Å²) in [6.45, 7) is 0. The highest BCUT2D eigenvalue weighted by Crippen LogP contribution is 2.28. The molecule has 0 spiro atoms. The van der Waals surface area contributed by atoms with Crippen LogP contribution in [0.1, 0.15) is 32.1 Å². The summed E-state index contributed by atoms with van der Waals surface area (Å²) >= 11 is 0. The van der Waals surface area contributed by atoms with Crippen molar-refractivity contribution in [2.75, 3.05) is 21.1 Å². The van der Waals surface area contributed by atoms with Crippen molar-refractivity contribution in [3.63, 3.8) is 0 Å². The fraction of sp³-hybridized carbons (Fsp3) is 0.833. The highest BCUT2D eigenvalue weighted by molar-refractivity contribution is 6.01. The number of likely N-dealkylation sites (N-methyl/N-ethyl adjacent to an activating group) is 1. The maximum absolute atomic E-state index is 8.27. The van der Waals surface area contributed by atoms with Gasteiger partial charge < -0.3 is 9.80 Å². The van der Waals surface area contributed by atoms with E-state index >= 15 is 0 Å². The van der Waals surface area contributed by atoms with E-state index in [0.717, 1.165) is 5.96 Å². The molecule has 5 nitrogen and oxygen atoms in total. The van der Waals surface area contributed by atoms with Crippen molar-refractivity contribution in [1.82, 2.24) is 15.2 Å². The van der Waals surface area contributed by atoms with E-state index in [1.807, 2.05) is 30.9 Å². The summed E-state index contributed by atoms with van der Waals surface area (Å²) in [5.41, 5.74) is 3.18. The lowest BCUT2D eigenvalue weighted by Gasteiger charge is -2.39. The molecule has 2 rings (SSSR count).